The Kier molecular flexibility index (Phi) is 3.87. The summed E-state index contributed by atoms with van der Waals surface area (Å²) in [6.07, 6.45) is 6.16. The lowest BCUT2D eigenvalue weighted by molar-refractivity contribution is 0.617. The molecule has 1 aromatic heterocycles. The van der Waals surface area contributed by atoms with Crippen molar-refractivity contribution in [1.82, 2.24) is 14.9 Å². The molecule has 0 amide bonds. The van der Waals surface area contributed by atoms with Gasteiger partial charge in [-0.05, 0) is 19.9 Å². The summed E-state index contributed by atoms with van der Waals surface area (Å²) in [6, 6.07) is 0. The number of hydrogen-bond donors (Lipinski definition) is 1. The molecule has 2 rings (SSSR count). The molecule has 1 fully saturated rings. The molecule has 0 radical (unpaired) electrons. The van der Waals surface area contributed by atoms with Gasteiger partial charge in [-0.1, -0.05) is 24.4 Å². The standard InChI is InChI=1S/C12H20ClN3/c1-14-8-7-10-11(13)15-12(16(10)2)9-5-3-4-6-9/h9,14H,3-8H2,1-2H3. The van der Waals surface area contributed by atoms with Crippen LogP contribution in [0.3, 0.4) is 0 Å². The molecule has 0 unspecified atom stereocenters. The van der Waals surface area contributed by atoms with Gasteiger partial charge >= 0.3 is 0 Å². The molecule has 16 heavy (non-hydrogen) atoms. The summed E-state index contributed by atoms with van der Waals surface area (Å²) in [5.74, 6) is 1.82. The highest BCUT2D eigenvalue weighted by Crippen LogP contribution is 2.34. The number of nitrogens with zero attached hydrogens (tertiary/aromatic N) is 2. The van der Waals surface area contributed by atoms with Crippen molar-refractivity contribution >= 4 is 11.6 Å². The lowest BCUT2D eigenvalue weighted by Crippen LogP contribution is -2.13. The second kappa shape index (κ2) is 5.19. The van der Waals surface area contributed by atoms with Gasteiger partial charge in [0.1, 0.15) is 5.82 Å². The Bertz CT molecular complexity index is 353. The summed E-state index contributed by atoms with van der Waals surface area (Å²) in [5, 5.41) is 3.84. The van der Waals surface area contributed by atoms with Crippen LogP contribution in [0, 0.1) is 0 Å². The number of nitrogens with one attached hydrogen (secondary N) is 1. The zero-order valence-electron chi connectivity index (χ0n) is 10.1. The van der Waals surface area contributed by atoms with Gasteiger partial charge in [-0.25, -0.2) is 4.98 Å². The molecule has 90 valence electrons. The van der Waals surface area contributed by atoms with Gasteiger partial charge in [0.2, 0.25) is 0 Å². The first-order valence-corrected chi connectivity index (χ1v) is 6.47. The van der Waals surface area contributed by atoms with E-state index in [2.05, 4.69) is 21.9 Å². The molecule has 3 nitrogen and oxygen atoms in total. The van der Waals surface area contributed by atoms with E-state index in [1.165, 1.54) is 31.5 Å². The van der Waals surface area contributed by atoms with Crippen LogP contribution >= 0.6 is 11.6 Å². The Balaban J connectivity index is 2.19. The minimum absolute atomic E-state index is 0.630. The second-order valence-corrected chi connectivity index (χ2v) is 4.96. The van der Waals surface area contributed by atoms with Gasteiger partial charge in [0.25, 0.3) is 0 Å². The summed E-state index contributed by atoms with van der Waals surface area (Å²) in [7, 11) is 4.06. The van der Waals surface area contributed by atoms with Crippen molar-refractivity contribution in [2.24, 2.45) is 7.05 Å². The first kappa shape index (κ1) is 11.9. The molecule has 0 aromatic carbocycles. The largest absolute Gasteiger partial charge is 0.333 e. The quantitative estimate of drug-likeness (QED) is 0.878. The number of aromatic nitrogens is 2. The zero-order valence-corrected chi connectivity index (χ0v) is 10.8. The van der Waals surface area contributed by atoms with Gasteiger partial charge in [0.05, 0.1) is 5.69 Å². The monoisotopic (exact) mass is 241 g/mol. The van der Waals surface area contributed by atoms with E-state index in [1.807, 2.05) is 7.05 Å². The fourth-order valence-corrected chi connectivity index (χ4v) is 2.89. The average Bonchev–Trinajstić information content (AvgIpc) is 2.86. The molecule has 0 aliphatic heterocycles. The van der Waals surface area contributed by atoms with E-state index in [9.17, 15) is 0 Å². The van der Waals surface area contributed by atoms with Crippen molar-refractivity contribution in [1.29, 1.82) is 0 Å². The highest BCUT2D eigenvalue weighted by molar-refractivity contribution is 6.30. The van der Waals surface area contributed by atoms with Gasteiger partial charge in [-0.3, -0.25) is 0 Å². The molecule has 0 bridgehead atoms. The van der Waals surface area contributed by atoms with E-state index in [0.29, 0.717) is 11.1 Å². The Morgan fingerprint density at radius 3 is 2.75 bits per heavy atom. The van der Waals surface area contributed by atoms with Gasteiger partial charge in [0, 0.05) is 25.9 Å². The Labute approximate surface area is 102 Å². The number of rotatable bonds is 4. The number of halogens is 1. The molecule has 1 aromatic rings. The van der Waals surface area contributed by atoms with Crippen LogP contribution in [0.1, 0.15) is 43.1 Å². The third kappa shape index (κ3) is 2.25. The summed E-state index contributed by atoms with van der Waals surface area (Å²) in [4.78, 5) is 4.55. The maximum Gasteiger partial charge on any atom is 0.150 e. The predicted molar refractivity (Wildman–Crippen MR) is 67.1 cm³/mol. The summed E-state index contributed by atoms with van der Waals surface area (Å²) in [6.45, 7) is 0.948. The normalized spacial score (nSPS) is 17.2. The van der Waals surface area contributed by atoms with Gasteiger partial charge in [-0.2, -0.15) is 0 Å². The number of imidazole rings is 1. The third-order valence-corrected chi connectivity index (χ3v) is 3.83. The van der Waals surface area contributed by atoms with Crippen LogP contribution in [0.5, 0.6) is 0 Å². The van der Waals surface area contributed by atoms with Gasteiger partial charge < -0.3 is 9.88 Å². The minimum Gasteiger partial charge on any atom is -0.333 e. The molecular formula is C12H20ClN3. The summed E-state index contributed by atoms with van der Waals surface area (Å²) in [5.41, 5.74) is 1.16. The van der Waals surface area contributed by atoms with Crippen LogP contribution in [0.4, 0.5) is 0 Å². The maximum atomic E-state index is 6.20. The van der Waals surface area contributed by atoms with Crippen LogP contribution in [0.2, 0.25) is 5.15 Å². The first-order chi connectivity index (χ1) is 7.74. The SMILES string of the molecule is CNCCc1c(Cl)nc(C2CCCC2)n1C. The van der Waals surface area contributed by atoms with E-state index in [0.717, 1.165) is 18.7 Å². The first-order valence-electron chi connectivity index (χ1n) is 6.09. The molecule has 1 aliphatic rings. The van der Waals surface area contributed by atoms with E-state index in [-0.39, 0.29) is 0 Å². The van der Waals surface area contributed by atoms with E-state index < -0.39 is 0 Å². The van der Waals surface area contributed by atoms with Gasteiger partial charge in [0.15, 0.2) is 5.15 Å². The van der Waals surface area contributed by atoms with Crippen LogP contribution in [-0.2, 0) is 13.5 Å². The summed E-state index contributed by atoms with van der Waals surface area (Å²) >= 11 is 6.20. The zero-order chi connectivity index (χ0) is 11.5. The highest BCUT2D eigenvalue weighted by atomic mass is 35.5. The fraction of sp³-hybridized carbons (Fsp3) is 0.750. The minimum atomic E-state index is 0.630. The topological polar surface area (TPSA) is 29.9 Å². The lowest BCUT2D eigenvalue weighted by Gasteiger charge is -2.10. The Morgan fingerprint density at radius 2 is 2.12 bits per heavy atom. The third-order valence-electron chi connectivity index (χ3n) is 3.53. The molecular weight excluding hydrogens is 222 g/mol. The second-order valence-electron chi connectivity index (χ2n) is 4.60. The molecule has 4 heteroatoms. The number of hydrogen-bond acceptors (Lipinski definition) is 2. The molecule has 1 N–H and O–H groups in total. The fourth-order valence-electron chi connectivity index (χ4n) is 2.58. The van der Waals surface area contributed by atoms with E-state index in [1.54, 1.807) is 0 Å². The summed E-state index contributed by atoms with van der Waals surface area (Å²) < 4.78 is 2.20. The van der Waals surface area contributed by atoms with Crippen molar-refractivity contribution in [3.63, 3.8) is 0 Å². The van der Waals surface area contributed by atoms with Crippen molar-refractivity contribution in [3.05, 3.63) is 16.7 Å². The average molecular weight is 242 g/mol. The predicted octanol–water partition coefficient (Wildman–Crippen LogP) is 2.49. The Morgan fingerprint density at radius 1 is 1.44 bits per heavy atom. The van der Waals surface area contributed by atoms with Crippen molar-refractivity contribution < 1.29 is 0 Å². The lowest BCUT2D eigenvalue weighted by atomic mass is 10.1. The highest BCUT2D eigenvalue weighted by Gasteiger charge is 2.23. The molecule has 1 heterocycles. The van der Waals surface area contributed by atoms with Crippen LogP contribution in [0.25, 0.3) is 0 Å². The van der Waals surface area contributed by atoms with Crippen LogP contribution in [-0.4, -0.2) is 23.1 Å². The van der Waals surface area contributed by atoms with Crippen molar-refractivity contribution in [2.45, 2.75) is 38.0 Å². The molecule has 0 saturated heterocycles. The molecule has 0 spiro atoms. The van der Waals surface area contributed by atoms with Crippen molar-refractivity contribution in [2.75, 3.05) is 13.6 Å². The Hall–Kier alpha value is -0.540. The van der Waals surface area contributed by atoms with Crippen LogP contribution in [0.15, 0.2) is 0 Å². The smallest absolute Gasteiger partial charge is 0.150 e. The van der Waals surface area contributed by atoms with Crippen molar-refractivity contribution in [3.8, 4) is 0 Å². The number of likely N-dealkylation sites (N-methyl/N-ethyl adjacent to an activating group) is 1. The molecule has 0 atom stereocenters. The maximum absolute atomic E-state index is 6.20. The molecule has 1 aliphatic carbocycles. The van der Waals surface area contributed by atoms with E-state index in [4.69, 9.17) is 11.6 Å². The van der Waals surface area contributed by atoms with E-state index >= 15 is 0 Å². The van der Waals surface area contributed by atoms with Crippen LogP contribution < -0.4 is 5.32 Å². The van der Waals surface area contributed by atoms with Gasteiger partial charge in [-0.15, -0.1) is 0 Å². The molecule has 1 saturated carbocycles.